The van der Waals surface area contributed by atoms with E-state index in [-0.39, 0.29) is 5.54 Å². The molecule has 3 rings (SSSR count). The van der Waals surface area contributed by atoms with E-state index in [9.17, 15) is 4.79 Å². The number of amides is 1. The van der Waals surface area contributed by atoms with Gasteiger partial charge in [-0.25, -0.2) is 0 Å². The predicted molar refractivity (Wildman–Crippen MR) is 67.4 cm³/mol. The first kappa shape index (κ1) is 11.5. The highest BCUT2D eigenvalue weighted by Crippen LogP contribution is 2.46. The van der Waals surface area contributed by atoms with E-state index in [1.54, 1.807) is 0 Å². The Balaban J connectivity index is 1.74. The second-order valence-corrected chi connectivity index (χ2v) is 6.81. The van der Waals surface area contributed by atoms with Crippen LogP contribution < -0.4 is 5.32 Å². The second-order valence-electron chi connectivity index (χ2n) is 6.81. The van der Waals surface area contributed by atoms with Crippen molar-refractivity contribution in [1.82, 2.24) is 10.2 Å². The lowest BCUT2D eigenvalue weighted by atomic mass is 9.80. The Bertz CT molecular complexity index is 329. The van der Waals surface area contributed by atoms with Crippen LogP contribution in [0.5, 0.6) is 0 Å². The van der Waals surface area contributed by atoms with Crippen molar-refractivity contribution in [1.29, 1.82) is 0 Å². The molecule has 1 aliphatic heterocycles. The van der Waals surface area contributed by atoms with E-state index in [2.05, 4.69) is 31.0 Å². The van der Waals surface area contributed by atoms with Gasteiger partial charge < -0.3 is 4.90 Å². The van der Waals surface area contributed by atoms with Crippen molar-refractivity contribution in [2.45, 2.75) is 70.6 Å². The number of carbonyl (C=O) groups excluding carboxylic acids is 1. The Hall–Kier alpha value is -0.570. The smallest absolute Gasteiger partial charge is 0.244 e. The zero-order chi connectivity index (χ0) is 12.2. The third-order valence-corrected chi connectivity index (χ3v) is 4.61. The molecule has 0 aromatic carbocycles. The van der Waals surface area contributed by atoms with Crippen LogP contribution in [-0.4, -0.2) is 28.6 Å². The first-order valence-corrected chi connectivity index (χ1v) is 7.12. The second kappa shape index (κ2) is 3.71. The van der Waals surface area contributed by atoms with Gasteiger partial charge in [-0.2, -0.15) is 0 Å². The van der Waals surface area contributed by atoms with Gasteiger partial charge in [0.05, 0.1) is 11.7 Å². The zero-order valence-corrected chi connectivity index (χ0v) is 11.2. The van der Waals surface area contributed by atoms with Gasteiger partial charge in [0.25, 0.3) is 0 Å². The molecular formula is C14H24N2O. The Morgan fingerprint density at radius 3 is 2.53 bits per heavy atom. The Labute approximate surface area is 104 Å². The molecule has 2 saturated carbocycles. The molecule has 3 nitrogen and oxygen atoms in total. The van der Waals surface area contributed by atoms with Gasteiger partial charge in [0.15, 0.2) is 0 Å². The summed E-state index contributed by atoms with van der Waals surface area (Å²) in [6.45, 7) is 6.77. The average molecular weight is 236 g/mol. The maximum absolute atomic E-state index is 12.5. The number of nitrogens with one attached hydrogen (secondary N) is 1. The summed E-state index contributed by atoms with van der Waals surface area (Å²) in [5, 5.41) is 3.61. The standard InChI is InChI=1S/C14H24N2O/c1-9(2)6-12-15-14(4-5-14)13(17)16(12)11-7-10(3)8-11/h9-12,15H,4-8H2,1-3H3. The zero-order valence-electron chi connectivity index (χ0n) is 11.2. The van der Waals surface area contributed by atoms with E-state index in [1.807, 2.05) is 0 Å². The Morgan fingerprint density at radius 2 is 2.06 bits per heavy atom. The lowest BCUT2D eigenvalue weighted by molar-refractivity contribution is -0.135. The van der Waals surface area contributed by atoms with Gasteiger partial charge in [-0.3, -0.25) is 10.1 Å². The molecule has 1 amide bonds. The summed E-state index contributed by atoms with van der Waals surface area (Å²) in [6, 6.07) is 0.522. The van der Waals surface area contributed by atoms with Gasteiger partial charge in [0.1, 0.15) is 0 Å². The van der Waals surface area contributed by atoms with E-state index >= 15 is 0 Å². The van der Waals surface area contributed by atoms with Crippen molar-refractivity contribution in [3.05, 3.63) is 0 Å². The minimum absolute atomic E-state index is 0.127. The quantitative estimate of drug-likeness (QED) is 0.814. The third-order valence-electron chi connectivity index (χ3n) is 4.61. The van der Waals surface area contributed by atoms with Crippen LogP contribution in [-0.2, 0) is 4.79 Å². The highest BCUT2D eigenvalue weighted by Gasteiger charge is 2.60. The van der Waals surface area contributed by atoms with Crippen molar-refractivity contribution in [2.24, 2.45) is 11.8 Å². The van der Waals surface area contributed by atoms with Gasteiger partial charge in [0, 0.05) is 6.04 Å². The summed E-state index contributed by atoms with van der Waals surface area (Å²) in [5.74, 6) is 1.86. The van der Waals surface area contributed by atoms with Crippen LogP contribution in [0.4, 0.5) is 0 Å². The molecule has 3 heteroatoms. The monoisotopic (exact) mass is 236 g/mol. The molecule has 96 valence electrons. The van der Waals surface area contributed by atoms with Crippen molar-refractivity contribution in [2.75, 3.05) is 0 Å². The summed E-state index contributed by atoms with van der Waals surface area (Å²) in [7, 11) is 0. The van der Waals surface area contributed by atoms with Gasteiger partial charge in [-0.15, -0.1) is 0 Å². The van der Waals surface area contributed by atoms with Crippen LogP contribution in [0.1, 0.15) is 52.9 Å². The molecule has 3 fully saturated rings. The fourth-order valence-corrected chi connectivity index (χ4v) is 3.45. The maximum atomic E-state index is 12.5. The van der Waals surface area contributed by atoms with Crippen molar-refractivity contribution in [3.8, 4) is 0 Å². The number of hydrogen-bond acceptors (Lipinski definition) is 2. The minimum atomic E-state index is -0.127. The predicted octanol–water partition coefficient (Wildman–Crippen LogP) is 2.12. The third kappa shape index (κ3) is 1.79. The van der Waals surface area contributed by atoms with Crippen LogP contribution in [0.2, 0.25) is 0 Å². The minimum Gasteiger partial charge on any atom is -0.323 e. The highest BCUT2D eigenvalue weighted by molar-refractivity contribution is 5.92. The summed E-state index contributed by atoms with van der Waals surface area (Å²) < 4.78 is 0. The molecule has 0 bridgehead atoms. The van der Waals surface area contributed by atoms with Crippen LogP contribution in [0.3, 0.4) is 0 Å². The number of hydrogen-bond donors (Lipinski definition) is 1. The molecular weight excluding hydrogens is 212 g/mol. The largest absolute Gasteiger partial charge is 0.323 e. The molecule has 17 heavy (non-hydrogen) atoms. The lowest BCUT2D eigenvalue weighted by Crippen LogP contribution is -2.50. The van der Waals surface area contributed by atoms with Crippen LogP contribution in [0.25, 0.3) is 0 Å². The van der Waals surface area contributed by atoms with Gasteiger partial charge >= 0.3 is 0 Å². The fourth-order valence-electron chi connectivity index (χ4n) is 3.45. The SMILES string of the molecule is CC(C)CC1NC2(CC2)C(=O)N1C1CC(C)C1. The molecule has 1 atom stereocenters. The van der Waals surface area contributed by atoms with Gasteiger partial charge in [-0.1, -0.05) is 20.8 Å². The summed E-state index contributed by atoms with van der Waals surface area (Å²) in [5.41, 5.74) is -0.127. The van der Waals surface area contributed by atoms with Crippen LogP contribution >= 0.6 is 0 Å². The molecule has 3 aliphatic rings. The molecule has 0 aromatic heterocycles. The Kier molecular flexibility index (Phi) is 2.51. The topological polar surface area (TPSA) is 32.3 Å². The number of carbonyl (C=O) groups is 1. The lowest BCUT2D eigenvalue weighted by Gasteiger charge is -2.42. The number of nitrogens with zero attached hydrogens (tertiary/aromatic N) is 1. The summed E-state index contributed by atoms with van der Waals surface area (Å²) in [6.07, 6.45) is 5.93. The van der Waals surface area contributed by atoms with Gasteiger partial charge in [-0.05, 0) is 43.9 Å². The van der Waals surface area contributed by atoms with E-state index in [1.165, 1.54) is 12.8 Å². The Morgan fingerprint density at radius 1 is 1.41 bits per heavy atom. The molecule has 1 spiro atoms. The van der Waals surface area contributed by atoms with E-state index in [0.717, 1.165) is 25.2 Å². The fraction of sp³-hybridized carbons (Fsp3) is 0.929. The van der Waals surface area contributed by atoms with Gasteiger partial charge in [0.2, 0.25) is 5.91 Å². The molecule has 2 aliphatic carbocycles. The van der Waals surface area contributed by atoms with Crippen LogP contribution in [0, 0.1) is 11.8 Å². The molecule has 0 aromatic rings. The van der Waals surface area contributed by atoms with E-state index in [4.69, 9.17) is 0 Å². The summed E-state index contributed by atoms with van der Waals surface area (Å²) >= 11 is 0. The molecule has 1 unspecified atom stereocenters. The molecule has 1 saturated heterocycles. The average Bonchev–Trinajstić information content (AvgIpc) is 2.90. The van der Waals surface area contributed by atoms with Crippen molar-refractivity contribution in [3.63, 3.8) is 0 Å². The normalized spacial score (nSPS) is 38.9. The molecule has 1 heterocycles. The molecule has 1 N–H and O–H groups in total. The summed E-state index contributed by atoms with van der Waals surface area (Å²) in [4.78, 5) is 14.7. The van der Waals surface area contributed by atoms with E-state index in [0.29, 0.717) is 24.0 Å². The molecule has 0 radical (unpaired) electrons. The van der Waals surface area contributed by atoms with Crippen molar-refractivity contribution >= 4 is 5.91 Å². The maximum Gasteiger partial charge on any atom is 0.244 e. The first-order valence-electron chi connectivity index (χ1n) is 7.12. The van der Waals surface area contributed by atoms with E-state index < -0.39 is 0 Å². The van der Waals surface area contributed by atoms with Crippen molar-refractivity contribution < 1.29 is 4.79 Å². The first-order chi connectivity index (χ1) is 8.02. The highest BCUT2D eigenvalue weighted by atomic mass is 16.2. The number of rotatable bonds is 3. The van der Waals surface area contributed by atoms with Crippen LogP contribution in [0.15, 0.2) is 0 Å².